The Bertz CT molecular complexity index is 547. The minimum Gasteiger partial charge on any atom is -0.369 e. The van der Waals surface area contributed by atoms with Gasteiger partial charge in [0, 0.05) is 12.0 Å². The van der Waals surface area contributed by atoms with Gasteiger partial charge in [0.1, 0.15) is 9.81 Å². The molecule has 108 valence electrons. The van der Waals surface area contributed by atoms with Crippen molar-refractivity contribution >= 4 is 27.3 Å². The van der Waals surface area contributed by atoms with Crippen LogP contribution in [0.3, 0.4) is 0 Å². The van der Waals surface area contributed by atoms with E-state index in [1.54, 1.807) is 13.0 Å². The zero-order valence-electron chi connectivity index (χ0n) is 11.1. The normalized spacial score (nSPS) is 14.9. The number of nitrogens with one attached hydrogen (secondary N) is 1. The van der Waals surface area contributed by atoms with E-state index < -0.39 is 15.6 Å². The highest BCUT2D eigenvalue weighted by atomic mass is 32.2. The zero-order chi connectivity index (χ0) is 14.7. The van der Waals surface area contributed by atoms with Crippen molar-refractivity contribution in [2.45, 2.75) is 36.6 Å². The van der Waals surface area contributed by atoms with Gasteiger partial charge in [0.05, 0.1) is 6.54 Å². The van der Waals surface area contributed by atoms with Gasteiger partial charge in [0.25, 0.3) is 5.91 Å². The zero-order valence-corrected chi connectivity index (χ0v) is 12.7. The molecule has 8 heteroatoms. The molecule has 0 saturated heterocycles. The molecule has 0 aliphatic carbocycles. The third-order valence-electron chi connectivity index (χ3n) is 2.95. The maximum absolute atomic E-state index is 11.9. The fraction of sp³-hybridized carbons (Fsp3) is 0.545. The van der Waals surface area contributed by atoms with Crippen molar-refractivity contribution in [2.75, 3.05) is 7.11 Å². The fourth-order valence-corrected chi connectivity index (χ4v) is 3.08. The molecule has 6 nitrogen and oxygen atoms in total. The highest BCUT2D eigenvalue weighted by molar-refractivity contribution is 7.91. The van der Waals surface area contributed by atoms with Gasteiger partial charge in [-0.2, -0.15) is 0 Å². The number of nitrogens with two attached hydrogens (primary N) is 1. The molecule has 1 amide bonds. The van der Waals surface area contributed by atoms with Crippen LogP contribution >= 0.6 is 11.3 Å². The quantitative estimate of drug-likeness (QED) is 0.813. The molecule has 1 rings (SSSR count). The molecule has 1 heterocycles. The van der Waals surface area contributed by atoms with Gasteiger partial charge < -0.3 is 10.1 Å². The molecule has 1 atom stereocenters. The van der Waals surface area contributed by atoms with E-state index in [-0.39, 0.29) is 16.7 Å². The van der Waals surface area contributed by atoms with Gasteiger partial charge in [-0.15, -0.1) is 11.3 Å². The monoisotopic (exact) mass is 306 g/mol. The average Bonchev–Trinajstić information content (AvgIpc) is 2.83. The van der Waals surface area contributed by atoms with Crippen LogP contribution in [0.15, 0.2) is 16.3 Å². The second kappa shape index (κ2) is 6.00. The van der Waals surface area contributed by atoms with Crippen LogP contribution in [0, 0.1) is 0 Å². The second-order valence-corrected chi connectivity index (χ2v) is 7.19. The van der Waals surface area contributed by atoms with Crippen LogP contribution in [0.25, 0.3) is 0 Å². The minimum absolute atomic E-state index is 0.0849. The number of methoxy groups -OCH3 is 1. The lowest BCUT2D eigenvalue weighted by Gasteiger charge is -2.24. The van der Waals surface area contributed by atoms with E-state index in [0.29, 0.717) is 11.3 Å². The first kappa shape index (κ1) is 16.1. The van der Waals surface area contributed by atoms with Gasteiger partial charge in [-0.25, -0.2) is 13.6 Å². The summed E-state index contributed by atoms with van der Waals surface area (Å²) < 4.78 is 27.5. The van der Waals surface area contributed by atoms with Gasteiger partial charge in [-0.05, 0) is 25.5 Å². The second-order valence-electron chi connectivity index (χ2n) is 4.24. The van der Waals surface area contributed by atoms with Crippen molar-refractivity contribution in [3.8, 4) is 0 Å². The number of hydrogen-bond donors (Lipinski definition) is 2. The first-order chi connectivity index (χ1) is 8.73. The largest absolute Gasteiger partial charge is 0.369 e. The fourth-order valence-electron chi connectivity index (χ4n) is 1.36. The molecule has 1 aromatic heterocycles. The molecule has 1 aromatic rings. The smallest absolute Gasteiger partial charge is 0.252 e. The van der Waals surface area contributed by atoms with E-state index in [0.717, 1.165) is 11.3 Å². The molecule has 0 saturated carbocycles. The Morgan fingerprint density at radius 2 is 2.16 bits per heavy atom. The number of hydrogen-bond acceptors (Lipinski definition) is 5. The number of thiophene rings is 1. The Morgan fingerprint density at radius 3 is 2.58 bits per heavy atom. The topological polar surface area (TPSA) is 98.5 Å². The van der Waals surface area contributed by atoms with Crippen LogP contribution in [0.1, 0.15) is 25.1 Å². The molecule has 0 aliphatic rings. The molecule has 0 bridgehead atoms. The first-order valence-electron chi connectivity index (χ1n) is 5.68. The summed E-state index contributed by atoms with van der Waals surface area (Å²) in [5.41, 5.74) is -0.875. The van der Waals surface area contributed by atoms with Crippen LogP contribution < -0.4 is 10.5 Å². The number of rotatable bonds is 6. The van der Waals surface area contributed by atoms with Crippen LogP contribution in [-0.2, 0) is 26.1 Å². The molecule has 1 unspecified atom stereocenters. The summed E-state index contributed by atoms with van der Waals surface area (Å²) in [5.74, 6) is -0.233. The maximum Gasteiger partial charge on any atom is 0.252 e. The van der Waals surface area contributed by atoms with Crippen LogP contribution in [0.5, 0.6) is 0 Å². The van der Waals surface area contributed by atoms with Gasteiger partial charge in [0.2, 0.25) is 10.0 Å². The average molecular weight is 306 g/mol. The van der Waals surface area contributed by atoms with Crippen molar-refractivity contribution in [1.29, 1.82) is 0 Å². The summed E-state index contributed by atoms with van der Waals surface area (Å²) in [7, 11) is -2.20. The molecule has 0 aromatic carbocycles. The van der Waals surface area contributed by atoms with Crippen molar-refractivity contribution in [3.63, 3.8) is 0 Å². The predicted molar refractivity (Wildman–Crippen MR) is 73.2 cm³/mol. The summed E-state index contributed by atoms with van der Waals surface area (Å²) in [6.45, 7) is 3.80. The highest BCUT2D eigenvalue weighted by Crippen LogP contribution is 2.20. The number of ether oxygens (including phenoxy) is 1. The molecule has 0 aliphatic heterocycles. The number of carbonyl (C=O) groups excluding carboxylic acids is 1. The summed E-state index contributed by atoms with van der Waals surface area (Å²) in [5, 5.41) is 7.73. The molecule has 0 spiro atoms. The minimum atomic E-state index is -3.68. The molecule has 0 radical (unpaired) electrons. The summed E-state index contributed by atoms with van der Waals surface area (Å²) in [4.78, 5) is 12.6. The Hall–Kier alpha value is -0.960. The van der Waals surface area contributed by atoms with E-state index in [4.69, 9.17) is 9.88 Å². The van der Waals surface area contributed by atoms with Crippen LogP contribution in [0.4, 0.5) is 0 Å². The molecular weight excluding hydrogens is 288 g/mol. The third-order valence-corrected chi connectivity index (χ3v) is 5.47. The molecule has 3 N–H and O–H groups in total. The van der Waals surface area contributed by atoms with E-state index >= 15 is 0 Å². The van der Waals surface area contributed by atoms with E-state index in [9.17, 15) is 13.2 Å². The number of carbonyl (C=O) groups is 1. The van der Waals surface area contributed by atoms with Crippen molar-refractivity contribution in [1.82, 2.24) is 5.32 Å². The summed E-state index contributed by atoms with van der Waals surface area (Å²) >= 11 is 1.04. The lowest BCUT2D eigenvalue weighted by Crippen LogP contribution is -2.45. The van der Waals surface area contributed by atoms with Gasteiger partial charge >= 0.3 is 0 Å². The summed E-state index contributed by atoms with van der Waals surface area (Å²) in [6, 6.07) is 3.05. The highest BCUT2D eigenvalue weighted by Gasteiger charge is 2.30. The molecule has 0 fully saturated rings. The Kier molecular flexibility index (Phi) is 5.08. The SMILES string of the molecule is CCC(C)(OC)C(=O)NCc1ccc(S(N)(=O)=O)s1. The standard InChI is InChI=1S/C11H18N2O4S2/c1-4-11(2,17-3)10(14)13-7-8-5-6-9(18-8)19(12,15)16/h5-6H,4,7H2,1-3H3,(H,13,14)(H2,12,15,16). The Labute approximate surface area is 117 Å². The number of sulfonamides is 1. The summed E-state index contributed by atoms with van der Waals surface area (Å²) in [6.07, 6.45) is 0.544. The third kappa shape index (κ3) is 4.00. The lowest BCUT2D eigenvalue weighted by molar-refractivity contribution is -0.141. The van der Waals surface area contributed by atoms with Crippen molar-refractivity contribution in [2.24, 2.45) is 5.14 Å². The lowest BCUT2D eigenvalue weighted by atomic mass is 10.0. The van der Waals surface area contributed by atoms with Crippen LogP contribution in [-0.4, -0.2) is 27.0 Å². The maximum atomic E-state index is 11.9. The number of primary sulfonamides is 1. The Morgan fingerprint density at radius 1 is 1.53 bits per heavy atom. The van der Waals surface area contributed by atoms with E-state index in [2.05, 4.69) is 5.32 Å². The number of amides is 1. The first-order valence-corrected chi connectivity index (χ1v) is 8.04. The van der Waals surface area contributed by atoms with E-state index in [1.807, 2.05) is 6.92 Å². The van der Waals surface area contributed by atoms with E-state index in [1.165, 1.54) is 13.2 Å². The van der Waals surface area contributed by atoms with Crippen molar-refractivity contribution < 1.29 is 17.9 Å². The van der Waals surface area contributed by atoms with Crippen LogP contribution in [0.2, 0.25) is 0 Å². The molecule has 19 heavy (non-hydrogen) atoms. The van der Waals surface area contributed by atoms with Gasteiger partial charge in [-0.1, -0.05) is 6.92 Å². The van der Waals surface area contributed by atoms with Gasteiger partial charge in [0.15, 0.2) is 0 Å². The molecular formula is C11H18N2O4S2. The van der Waals surface area contributed by atoms with Crippen molar-refractivity contribution in [3.05, 3.63) is 17.0 Å². The Balaban J connectivity index is 2.68. The van der Waals surface area contributed by atoms with Gasteiger partial charge in [-0.3, -0.25) is 4.79 Å². The predicted octanol–water partition coefficient (Wildman–Crippen LogP) is 0.827.